The fourth-order valence-corrected chi connectivity index (χ4v) is 3.82. The van der Waals surface area contributed by atoms with Crippen LogP contribution in [0.3, 0.4) is 0 Å². The second-order valence-corrected chi connectivity index (χ2v) is 7.24. The molecule has 0 amide bonds. The van der Waals surface area contributed by atoms with Crippen LogP contribution in [-0.4, -0.2) is 14.8 Å². The number of rotatable bonds is 3. The number of para-hydroxylation sites is 1. The zero-order valence-corrected chi connectivity index (χ0v) is 12.8. The SMILES string of the molecule is CC(C)Sc1nc2ccccc2c(=O)n1C1CCCC1. The molecule has 1 aliphatic carbocycles. The summed E-state index contributed by atoms with van der Waals surface area (Å²) in [6.07, 6.45) is 4.64. The predicted octanol–water partition coefficient (Wildman–Crippen LogP) is 4.01. The Kier molecular flexibility index (Phi) is 3.83. The second-order valence-electron chi connectivity index (χ2n) is 5.69. The topological polar surface area (TPSA) is 34.9 Å². The summed E-state index contributed by atoms with van der Waals surface area (Å²) in [6.45, 7) is 4.29. The van der Waals surface area contributed by atoms with Gasteiger partial charge in [-0.15, -0.1) is 0 Å². The Hall–Kier alpha value is -1.29. The van der Waals surface area contributed by atoms with Crippen molar-refractivity contribution < 1.29 is 0 Å². The van der Waals surface area contributed by atoms with Crippen molar-refractivity contribution in [3.05, 3.63) is 34.6 Å². The summed E-state index contributed by atoms with van der Waals surface area (Å²) in [5, 5.41) is 2.05. The lowest BCUT2D eigenvalue weighted by molar-refractivity contribution is 0.457. The van der Waals surface area contributed by atoms with E-state index in [4.69, 9.17) is 4.98 Å². The van der Waals surface area contributed by atoms with Crippen LogP contribution in [0.1, 0.15) is 45.6 Å². The van der Waals surface area contributed by atoms with Crippen molar-refractivity contribution in [2.75, 3.05) is 0 Å². The lowest BCUT2D eigenvalue weighted by Gasteiger charge is -2.19. The van der Waals surface area contributed by atoms with Crippen LogP contribution in [0.2, 0.25) is 0 Å². The number of fused-ring (bicyclic) bond motifs is 1. The Balaban J connectivity index is 2.22. The van der Waals surface area contributed by atoms with E-state index in [1.165, 1.54) is 12.8 Å². The molecule has 1 aromatic carbocycles. The standard InChI is InChI=1S/C16H20N2OS/c1-11(2)20-16-17-14-10-6-5-9-13(14)15(19)18(16)12-7-3-4-8-12/h5-6,9-12H,3-4,7-8H2,1-2H3. The zero-order chi connectivity index (χ0) is 14.1. The number of hydrogen-bond donors (Lipinski definition) is 0. The van der Waals surface area contributed by atoms with Crippen molar-refractivity contribution in [2.45, 2.75) is 56.0 Å². The number of nitrogens with zero attached hydrogens (tertiary/aromatic N) is 2. The predicted molar refractivity (Wildman–Crippen MR) is 84.5 cm³/mol. The minimum Gasteiger partial charge on any atom is -0.284 e. The van der Waals surface area contributed by atoms with Crippen LogP contribution in [0.15, 0.2) is 34.2 Å². The smallest absolute Gasteiger partial charge is 0.262 e. The maximum Gasteiger partial charge on any atom is 0.262 e. The minimum atomic E-state index is 0.130. The van der Waals surface area contributed by atoms with E-state index >= 15 is 0 Å². The van der Waals surface area contributed by atoms with Crippen molar-refractivity contribution in [1.82, 2.24) is 9.55 Å². The third-order valence-electron chi connectivity index (χ3n) is 3.81. The van der Waals surface area contributed by atoms with E-state index in [0.29, 0.717) is 11.3 Å². The van der Waals surface area contributed by atoms with Crippen molar-refractivity contribution in [3.63, 3.8) is 0 Å². The first-order valence-electron chi connectivity index (χ1n) is 7.35. The number of aromatic nitrogens is 2. The first kappa shape index (κ1) is 13.7. The molecule has 0 N–H and O–H groups in total. The molecule has 0 unspecified atom stereocenters. The summed E-state index contributed by atoms with van der Waals surface area (Å²) in [4.78, 5) is 17.6. The lowest BCUT2D eigenvalue weighted by atomic mass is 10.2. The molecule has 0 radical (unpaired) electrons. The van der Waals surface area contributed by atoms with Gasteiger partial charge in [-0.25, -0.2) is 4.98 Å². The average molecular weight is 288 g/mol. The molecular weight excluding hydrogens is 268 g/mol. The summed E-state index contributed by atoms with van der Waals surface area (Å²) in [7, 11) is 0. The van der Waals surface area contributed by atoms with E-state index in [1.807, 2.05) is 28.8 Å². The first-order chi connectivity index (χ1) is 9.66. The molecule has 20 heavy (non-hydrogen) atoms. The minimum absolute atomic E-state index is 0.130. The van der Waals surface area contributed by atoms with E-state index in [2.05, 4.69) is 13.8 Å². The van der Waals surface area contributed by atoms with Crippen LogP contribution < -0.4 is 5.56 Å². The molecule has 1 fully saturated rings. The Labute approximate surface area is 123 Å². The summed E-state index contributed by atoms with van der Waals surface area (Å²) in [5.41, 5.74) is 0.945. The van der Waals surface area contributed by atoms with Gasteiger partial charge >= 0.3 is 0 Å². The van der Waals surface area contributed by atoms with Gasteiger partial charge in [0.2, 0.25) is 0 Å². The van der Waals surface area contributed by atoms with E-state index in [9.17, 15) is 4.79 Å². The Bertz CT molecular complexity index is 672. The molecule has 1 heterocycles. The Morgan fingerprint density at radius 3 is 2.65 bits per heavy atom. The molecule has 0 spiro atoms. The summed E-state index contributed by atoms with van der Waals surface area (Å²) in [6, 6.07) is 8.01. The van der Waals surface area contributed by atoms with E-state index in [0.717, 1.165) is 28.9 Å². The molecule has 3 rings (SSSR count). The Morgan fingerprint density at radius 2 is 1.95 bits per heavy atom. The van der Waals surface area contributed by atoms with Crippen LogP contribution in [0, 0.1) is 0 Å². The maximum absolute atomic E-state index is 12.8. The summed E-state index contributed by atoms with van der Waals surface area (Å²) in [5.74, 6) is 0. The van der Waals surface area contributed by atoms with Crippen molar-refractivity contribution in [1.29, 1.82) is 0 Å². The summed E-state index contributed by atoms with van der Waals surface area (Å²) < 4.78 is 1.96. The number of hydrogen-bond acceptors (Lipinski definition) is 3. The van der Waals surface area contributed by atoms with Crippen LogP contribution >= 0.6 is 11.8 Å². The van der Waals surface area contributed by atoms with Crippen LogP contribution in [0.25, 0.3) is 10.9 Å². The quantitative estimate of drug-likeness (QED) is 0.632. The molecule has 0 atom stereocenters. The first-order valence-corrected chi connectivity index (χ1v) is 8.22. The summed E-state index contributed by atoms with van der Waals surface area (Å²) >= 11 is 1.69. The number of benzene rings is 1. The molecule has 2 aromatic rings. The third kappa shape index (κ3) is 2.49. The van der Waals surface area contributed by atoms with Gasteiger partial charge in [-0.3, -0.25) is 9.36 Å². The molecule has 1 aromatic heterocycles. The monoisotopic (exact) mass is 288 g/mol. The highest BCUT2D eigenvalue weighted by molar-refractivity contribution is 7.99. The maximum atomic E-state index is 12.8. The van der Waals surface area contributed by atoms with Gasteiger partial charge in [-0.05, 0) is 25.0 Å². The molecule has 3 nitrogen and oxygen atoms in total. The zero-order valence-electron chi connectivity index (χ0n) is 12.0. The lowest BCUT2D eigenvalue weighted by Crippen LogP contribution is -2.26. The van der Waals surface area contributed by atoms with Crippen LogP contribution in [0.5, 0.6) is 0 Å². The molecule has 4 heteroatoms. The largest absolute Gasteiger partial charge is 0.284 e. The van der Waals surface area contributed by atoms with E-state index in [1.54, 1.807) is 11.8 Å². The molecule has 0 aliphatic heterocycles. The number of thioether (sulfide) groups is 1. The molecule has 0 bridgehead atoms. The van der Waals surface area contributed by atoms with Gasteiger partial charge < -0.3 is 0 Å². The third-order valence-corrected chi connectivity index (χ3v) is 4.78. The van der Waals surface area contributed by atoms with Crippen molar-refractivity contribution in [3.8, 4) is 0 Å². The molecule has 0 saturated heterocycles. The second kappa shape index (κ2) is 5.60. The van der Waals surface area contributed by atoms with Gasteiger partial charge in [0.05, 0.1) is 10.9 Å². The molecule has 106 valence electrons. The van der Waals surface area contributed by atoms with Gasteiger partial charge in [0.25, 0.3) is 5.56 Å². The normalized spacial score (nSPS) is 16.4. The van der Waals surface area contributed by atoms with Crippen molar-refractivity contribution >= 4 is 22.7 Å². The highest BCUT2D eigenvalue weighted by Crippen LogP contribution is 2.33. The Morgan fingerprint density at radius 1 is 1.25 bits per heavy atom. The van der Waals surface area contributed by atoms with Gasteiger partial charge in [0.1, 0.15) is 0 Å². The highest BCUT2D eigenvalue weighted by atomic mass is 32.2. The van der Waals surface area contributed by atoms with Gasteiger partial charge in [-0.1, -0.05) is 50.6 Å². The van der Waals surface area contributed by atoms with E-state index < -0.39 is 0 Å². The molecule has 1 saturated carbocycles. The fourth-order valence-electron chi connectivity index (χ4n) is 2.90. The molecular formula is C16H20N2OS. The molecule has 1 aliphatic rings. The van der Waals surface area contributed by atoms with Gasteiger partial charge in [0.15, 0.2) is 5.16 Å². The van der Waals surface area contributed by atoms with E-state index in [-0.39, 0.29) is 5.56 Å². The highest BCUT2D eigenvalue weighted by Gasteiger charge is 2.23. The van der Waals surface area contributed by atoms with Crippen LogP contribution in [0.4, 0.5) is 0 Å². The van der Waals surface area contributed by atoms with Gasteiger partial charge in [0, 0.05) is 11.3 Å². The average Bonchev–Trinajstić information content (AvgIpc) is 2.92. The fraction of sp³-hybridized carbons (Fsp3) is 0.500. The van der Waals surface area contributed by atoms with Crippen molar-refractivity contribution in [2.24, 2.45) is 0 Å². The van der Waals surface area contributed by atoms with Crippen LogP contribution in [-0.2, 0) is 0 Å². The van der Waals surface area contributed by atoms with Gasteiger partial charge in [-0.2, -0.15) is 0 Å².